The second-order valence-electron chi connectivity index (χ2n) is 2.72. The predicted molar refractivity (Wildman–Crippen MR) is 55.4 cm³/mol. The van der Waals surface area contributed by atoms with Crippen LogP contribution in [0.4, 0.5) is 0 Å². The third kappa shape index (κ3) is 1.92. The Balaban J connectivity index is 2.29. The summed E-state index contributed by atoms with van der Waals surface area (Å²) in [5, 5.41) is 11.7. The molecule has 2 rings (SSSR count). The number of aliphatic hydroxyl groups is 1. The summed E-state index contributed by atoms with van der Waals surface area (Å²) in [7, 11) is 0. The van der Waals surface area contributed by atoms with Crippen LogP contribution in [0.5, 0.6) is 0 Å². The van der Waals surface area contributed by atoms with Gasteiger partial charge in [-0.1, -0.05) is 11.6 Å². The zero-order chi connectivity index (χ0) is 9.97. The van der Waals surface area contributed by atoms with Crippen LogP contribution in [0.1, 0.15) is 17.4 Å². The average Bonchev–Trinajstić information content (AvgIpc) is 2.65. The van der Waals surface area contributed by atoms with Gasteiger partial charge in [0.1, 0.15) is 6.10 Å². The second kappa shape index (κ2) is 4.04. The van der Waals surface area contributed by atoms with Gasteiger partial charge in [-0.05, 0) is 17.0 Å². The summed E-state index contributed by atoms with van der Waals surface area (Å²) < 4.78 is 0.656. The molecule has 2 heterocycles. The zero-order valence-electron chi connectivity index (χ0n) is 7.09. The van der Waals surface area contributed by atoms with Crippen molar-refractivity contribution in [2.75, 3.05) is 0 Å². The average molecular weight is 227 g/mol. The predicted octanol–water partition coefficient (Wildman–Crippen LogP) is 2.27. The molecule has 1 atom stereocenters. The third-order valence-electron chi connectivity index (χ3n) is 1.77. The maximum atomic E-state index is 9.85. The van der Waals surface area contributed by atoms with Crippen molar-refractivity contribution in [1.29, 1.82) is 0 Å². The van der Waals surface area contributed by atoms with E-state index < -0.39 is 6.10 Å². The number of hydrogen-bond donors (Lipinski definition) is 1. The molecule has 0 saturated carbocycles. The van der Waals surface area contributed by atoms with Crippen LogP contribution in [-0.4, -0.2) is 15.1 Å². The summed E-state index contributed by atoms with van der Waals surface area (Å²) >= 11 is 7.15. The van der Waals surface area contributed by atoms with Gasteiger partial charge in [-0.2, -0.15) is 0 Å². The molecule has 2 aromatic heterocycles. The highest BCUT2D eigenvalue weighted by Crippen LogP contribution is 2.27. The van der Waals surface area contributed by atoms with Crippen LogP contribution in [-0.2, 0) is 0 Å². The Morgan fingerprint density at radius 1 is 1.43 bits per heavy atom. The summed E-state index contributed by atoms with van der Waals surface area (Å²) in [6.07, 6.45) is 3.91. The van der Waals surface area contributed by atoms with E-state index in [1.165, 1.54) is 17.5 Å². The SMILES string of the molecule is OC(c1csc(Cl)c1)c1cnccn1. The van der Waals surface area contributed by atoms with E-state index >= 15 is 0 Å². The normalized spacial score (nSPS) is 12.7. The molecule has 0 spiro atoms. The van der Waals surface area contributed by atoms with Gasteiger partial charge < -0.3 is 5.11 Å². The summed E-state index contributed by atoms with van der Waals surface area (Å²) in [6, 6.07) is 1.73. The van der Waals surface area contributed by atoms with Gasteiger partial charge in [0.15, 0.2) is 0 Å². The highest BCUT2D eigenvalue weighted by atomic mass is 35.5. The molecule has 0 aliphatic rings. The van der Waals surface area contributed by atoms with E-state index in [1.54, 1.807) is 18.5 Å². The van der Waals surface area contributed by atoms with E-state index in [9.17, 15) is 5.11 Å². The van der Waals surface area contributed by atoms with Crippen molar-refractivity contribution >= 4 is 22.9 Å². The molecule has 0 radical (unpaired) electrons. The zero-order valence-corrected chi connectivity index (χ0v) is 8.66. The molecule has 0 aromatic carbocycles. The highest BCUT2D eigenvalue weighted by molar-refractivity contribution is 7.14. The molecule has 1 N–H and O–H groups in total. The monoisotopic (exact) mass is 226 g/mol. The first kappa shape index (κ1) is 9.58. The van der Waals surface area contributed by atoms with E-state index in [0.29, 0.717) is 10.0 Å². The molecule has 0 saturated heterocycles. The van der Waals surface area contributed by atoms with E-state index in [0.717, 1.165) is 5.56 Å². The van der Waals surface area contributed by atoms with Gasteiger partial charge in [0, 0.05) is 12.4 Å². The van der Waals surface area contributed by atoms with E-state index in [2.05, 4.69) is 9.97 Å². The molecule has 0 bridgehead atoms. The third-order valence-corrected chi connectivity index (χ3v) is 2.88. The van der Waals surface area contributed by atoms with Crippen LogP contribution in [0.2, 0.25) is 4.34 Å². The van der Waals surface area contributed by atoms with Gasteiger partial charge in [-0.15, -0.1) is 11.3 Å². The fraction of sp³-hybridized carbons (Fsp3) is 0.111. The maximum Gasteiger partial charge on any atom is 0.123 e. The number of halogens is 1. The summed E-state index contributed by atoms with van der Waals surface area (Å²) in [5.74, 6) is 0. The largest absolute Gasteiger partial charge is 0.382 e. The van der Waals surface area contributed by atoms with Gasteiger partial charge in [-0.3, -0.25) is 9.97 Å². The van der Waals surface area contributed by atoms with E-state index in [-0.39, 0.29) is 0 Å². The number of nitrogens with zero attached hydrogens (tertiary/aromatic N) is 2. The number of hydrogen-bond acceptors (Lipinski definition) is 4. The minimum atomic E-state index is -0.743. The fourth-order valence-electron chi connectivity index (χ4n) is 1.09. The van der Waals surface area contributed by atoms with Crippen LogP contribution in [0, 0.1) is 0 Å². The minimum absolute atomic E-state index is 0.530. The Hall–Kier alpha value is -0.970. The standard InChI is InChI=1S/C9H7ClN2OS/c10-8-3-6(5-14-8)9(13)7-4-11-1-2-12-7/h1-5,9,13H. The van der Waals surface area contributed by atoms with Gasteiger partial charge in [0.25, 0.3) is 0 Å². The Bertz CT molecular complexity index is 418. The molecule has 3 nitrogen and oxygen atoms in total. The van der Waals surface area contributed by atoms with Gasteiger partial charge in [0.2, 0.25) is 0 Å². The fourth-order valence-corrected chi connectivity index (χ4v) is 2.00. The lowest BCUT2D eigenvalue weighted by Gasteiger charge is -2.06. The molecular weight excluding hydrogens is 220 g/mol. The summed E-state index contributed by atoms with van der Waals surface area (Å²) in [6.45, 7) is 0. The van der Waals surface area contributed by atoms with Crippen molar-refractivity contribution in [3.05, 3.63) is 45.6 Å². The minimum Gasteiger partial charge on any atom is -0.382 e. The van der Waals surface area contributed by atoms with Gasteiger partial charge in [-0.25, -0.2) is 0 Å². The second-order valence-corrected chi connectivity index (χ2v) is 4.26. The molecule has 0 aliphatic heterocycles. The molecule has 1 unspecified atom stereocenters. The Kier molecular flexibility index (Phi) is 2.77. The number of aliphatic hydroxyl groups excluding tert-OH is 1. The van der Waals surface area contributed by atoms with E-state index in [1.807, 2.05) is 5.38 Å². The van der Waals surface area contributed by atoms with E-state index in [4.69, 9.17) is 11.6 Å². The first-order valence-electron chi connectivity index (χ1n) is 3.95. The lowest BCUT2D eigenvalue weighted by molar-refractivity contribution is 0.215. The lowest BCUT2D eigenvalue weighted by Crippen LogP contribution is -2.00. The van der Waals surface area contributed by atoms with Crippen LogP contribution in [0.25, 0.3) is 0 Å². The van der Waals surface area contributed by atoms with Crippen molar-refractivity contribution in [2.24, 2.45) is 0 Å². The number of rotatable bonds is 2. The molecule has 2 aromatic rings. The first-order chi connectivity index (χ1) is 6.77. The summed E-state index contributed by atoms with van der Waals surface area (Å²) in [5.41, 5.74) is 1.28. The molecule has 0 fully saturated rings. The number of thiophene rings is 1. The van der Waals surface area contributed by atoms with Gasteiger partial charge in [0.05, 0.1) is 16.2 Å². The Labute approximate surface area is 90.0 Å². The first-order valence-corrected chi connectivity index (χ1v) is 5.21. The quantitative estimate of drug-likeness (QED) is 0.855. The maximum absolute atomic E-state index is 9.85. The van der Waals surface area contributed by atoms with Crippen LogP contribution >= 0.6 is 22.9 Å². The molecule has 0 aliphatic carbocycles. The topological polar surface area (TPSA) is 46.0 Å². The van der Waals surface area contributed by atoms with Crippen molar-refractivity contribution in [2.45, 2.75) is 6.10 Å². The van der Waals surface area contributed by atoms with Crippen molar-refractivity contribution in [3.8, 4) is 0 Å². The van der Waals surface area contributed by atoms with Crippen LogP contribution in [0.3, 0.4) is 0 Å². The highest BCUT2D eigenvalue weighted by Gasteiger charge is 2.13. The lowest BCUT2D eigenvalue weighted by atomic mass is 10.1. The Morgan fingerprint density at radius 3 is 2.86 bits per heavy atom. The summed E-state index contributed by atoms with van der Waals surface area (Å²) in [4.78, 5) is 7.90. The van der Waals surface area contributed by atoms with Crippen molar-refractivity contribution < 1.29 is 5.11 Å². The van der Waals surface area contributed by atoms with Gasteiger partial charge >= 0.3 is 0 Å². The molecule has 0 amide bonds. The smallest absolute Gasteiger partial charge is 0.123 e. The van der Waals surface area contributed by atoms with Crippen molar-refractivity contribution in [1.82, 2.24) is 9.97 Å². The molecule has 5 heteroatoms. The molecule has 72 valence electrons. The Morgan fingerprint density at radius 2 is 2.29 bits per heavy atom. The van der Waals surface area contributed by atoms with Crippen molar-refractivity contribution in [3.63, 3.8) is 0 Å². The molecule has 14 heavy (non-hydrogen) atoms. The van der Waals surface area contributed by atoms with Crippen LogP contribution < -0.4 is 0 Å². The molecular formula is C9H7ClN2OS. The number of aromatic nitrogens is 2. The van der Waals surface area contributed by atoms with Crippen LogP contribution in [0.15, 0.2) is 30.0 Å².